The van der Waals surface area contributed by atoms with Crippen LogP contribution in [0.4, 0.5) is 0 Å². The topological polar surface area (TPSA) is 54.4 Å². The highest BCUT2D eigenvalue weighted by molar-refractivity contribution is 7.92. The van der Waals surface area contributed by atoms with E-state index in [4.69, 9.17) is 0 Å². The minimum absolute atomic E-state index is 0.343. The van der Waals surface area contributed by atoms with Gasteiger partial charge in [-0.05, 0) is 79.4 Å². The van der Waals surface area contributed by atoms with Crippen LogP contribution >= 0.6 is 0 Å². The van der Waals surface area contributed by atoms with Gasteiger partial charge < -0.3 is 5.11 Å². The third kappa shape index (κ3) is 9.73. The van der Waals surface area contributed by atoms with Crippen molar-refractivity contribution in [1.82, 2.24) is 0 Å². The molecule has 1 aromatic carbocycles. The van der Waals surface area contributed by atoms with Crippen molar-refractivity contribution in [3.05, 3.63) is 76.9 Å². The van der Waals surface area contributed by atoms with Crippen LogP contribution in [0.15, 0.2) is 81.8 Å². The van der Waals surface area contributed by atoms with Crippen LogP contribution < -0.4 is 0 Å². The first-order valence-electron chi connectivity index (χ1n) is 10.6. The molecule has 0 saturated heterocycles. The van der Waals surface area contributed by atoms with E-state index >= 15 is 0 Å². The Morgan fingerprint density at radius 1 is 0.900 bits per heavy atom. The molecule has 166 valence electrons. The Hall–Kier alpha value is -1.91. The highest BCUT2D eigenvalue weighted by Gasteiger charge is 2.25. The van der Waals surface area contributed by atoms with E-state index in [-0.39, 0.29) is 0 Å². The van der Waals surface area contributed by atoms with Gasteiger partial charge in [-0.2, -0.15) is 0 Å². The van der Waals surface area contributed by atoms with Gasteiger partial charge in [0.05, 0.1) is 16.2 Å². The predicted octanol–water partition coefficient (Wildman–Crippen LogP) is 6.58. The van der Waals surface area contributed by atoms with Crippen molar-refractivity contribution in [1.29, 1.82) is 0 Å². The van der Waals surface area contributed by atoms with Gasteiger partial charge in [-0.1, -0.05) is 64.8 Å². The smallest absolute Gasteiger partial charge is 0.185 e. The van der Waals surface area contributed by atoms with Gasteiger partial charge in [-0.25, -0.2) is 8.42 Å². The average Bonchev–Trinajstić information content (AvgIpc) is 2.66. The lowest BCUT2D eigenvalue weighted by Crippen LogP contribution is -2.20. The highest BCUT2D eigenvalue weighted by atomic mass is 32.2. The fourth-order valence-electron chi connectivity index (χ4n) is 3.21. The lowest BCUT2D eigenvalue weighted by Gasteiger charge is -2.16. The van der Waals surface area contributed by atoms with Crippen molar-refractivity contribution < 1.29 is 13.5 Å². The molecule has 0 aliphatic heterocycles. The minimum atomic E-state index is -3.46. The van der Waals surface area contributed by atoms with Gasteiger partial charge in [0.15, 0.2) is 9.84 Å². The molecular formula is C26H38O3S. The summed E-state index contributed by atoms with van der Waals surface area (Å²) in [6, 6.07) is 8.60. The Kier molecular flexibility index (Phi) is 11.1. The largest absolute Gasteiger partial charge is 0.389 e. The Bertz CT molecular complexity index is 879. The van der Waals surface area contributed by atoms with E-state index in [2.05, 4.69) is 19.9 Å². The molecule has 0 bridgehead atoms. The van der Waals surface area contributed by atoms with E-state index < -0.39 is 21.2 Å². The summed E-state index contributed by atoms with van der Waals surface area (Å²) >= 11 is 0. The van der Waals surface area contributed by atoms with E-state index in [0.29, 0.717) is 17.7 Å². The summed E-state index contributed by atoms with van der Waals surface area (Å²) in [5, 5.41) is 9.72. The molecule has 0 fully saturated rings. The second-order valence-electron chi connectivity index (χ2n) is 8.53. The van der Waals surface area contributed by atoms with Crippen molar-refractivity contribution in [2.45, 2.75) is 83.5 Å². The van der Waals surface area contributed by atoms with Crippen LogP contribution in [0.5, 0.6) is 0 Å². The van der Waals surface area contributed by atoms with Crippen LogP contribution in [-0.4, -0.2) is 24.9 Å². The van der Waals surface area contributed by atoms with E-state index in [0.717, 1.165) is 24.0 Å². The quantitative estimate of drug-likeness (QED) is 0.404. The zero-order chi connectivity index (χ0) is 22.7. The van der Waals surface area contributed by atoms with E-state index in [1.807, 2.05) is 52.0 Å². The standard InChI is InChI=1S/C26H38O3S/c1-20(2)11-10-12-22(5)18-24(27)16-15-23(6)19-26(17-21(3)4)30(28,29)25-13-8-7-9-14-25/h7-9,11,13-15,17-18,24,26-27H,10,12,16,19H2,1-6H3/b22-18+,23-15+. The van der Waals surface area contributed by atoms with Crippen LogP contribution in [0.3, 0.4) is 0 Å². The molecule has 0 radical (unpaired) electrons. The monoisotopic (exact) mass is 430 g/mol. The molecule has 1 rings (SSSR count). The Labute approximate surface area is 183 Å². The molecule has 0 amide bonds. The summed E-state index contributed by atoms with van der Waals surface area (Å²) in [7, 11) is -3.46. The van der Waals surface area contributed by atoms with Crippen LogP contribution in [0, 0.1) is 0 Å². The summed E-state index contributed by atoms with van der Waals surface area (Å²) in [6.07, 6.45) is 10.1. The number of sulfone groups is 1. The van der Waals surface area contributed by atoms with Crippen LogP contribution in [0.2, 0.25) is 0 Å². The fourth-order valence-corrected chi connectivity index (χ4v) is 5.03. The second kappa shape index (κ2) is 12.7. The van der Waals surface area contributed by atoms with E-state index in [1.165, 1.54) is 11.1 Å². The number of hydrogen-bond acceptors (Lipinski definition) is 3. The van der Waals surface area contributed by atoms with Gasteiger partial charge in [-0.15, -0.1) is 0 Å². The molecule has 0 spiro atoms. The minimum Gasteiger partial charge on any atom is -0.389 e. The summed E-state index contributed by atoms with van der Waals surface area (Å²) in [5.74, 6) is 0. The first-order chi connectivity index (χ1) is 14.0. The third-order valence-corrected chi connectivity index (χ3v) is 6.82. The molecule has 0 saturated carbocycles. The molecule has 4 heteroatoms. The zero-order valence-corrected chi connectivity index (χ0v) is 20.2. The van der Waals surface area contributed by atoms with E-state index in [1.54, 1.807) is 24.3 Å². The van der Waals surface area contributed by atoms with Gasteiger partial charge in [0.1, 0.15) is 0 Å². The lowest BCUT2D eigenvalue weighted by atomic mass is 10.0. The average molecular weight is 431 g/mol. The summed E-state index contributed by atoms with van der Waals surface area (Å²) in [6.45, 7) is 12.0. The molecular weight excluding hydrogens is 392 g/mol. The zero-order valence-electron chi connectivity index (χ0n) is 19.4. The number of allylic oxidation sites excluding steroid dienone is 5. The van der Waals surface area contributed by atoms with Crippen molar-refractivity contribution in [3.63, 3.8) is 0 Å². The Morgan fingerprint density at radius 3 is 2.10 bits per heavy atom. The molecule has 0 aliphatic rings. The van der Waals surface area contributed by atoms with Gasteiger partial charge in [-0.3, -0.25) is 0 Å². The molecule has 3 nitrogen and oxygen atoms in total. The van der Waals surface area contributed by atoms with Gasteiger partial charge in [0.25, 0.3) is 0 Å². The maximum absolute atomic E-state index is 13.1. The second-order valence-corrected chi connectivity index (χ2v) is 10.7. The Morgan fingerprint density at radius 2 is 1.53 bits per heavy atom. The molecule has 0 aliphatic carbocycles. The van der Waals surface area contributed by atoms with Crippen molar-refractivity contribution in [2.24, 2.45) is 0 Å². The lowest BCUT2D eigenvalue weighted by molar-refractivity contribution is 0.225. The molecule has 0 aromatic heterocycles. The first-order valence-corrected chi connectivity index (χ1v) is 12.1. The van der Waals surface area contributed by atoms with Crippen molar-refractivity contribution in [2.75, 3.05) is 0 Å². The van der Waals surface area contributed by atoms with Gasteiger partial charge >= 0.3 is 0 Å². The van der Waals surface area contributed by atoms with E-state index in [9.17, 15) is 13.5 Å². The normalized spacial score (nSPS) is 14.8. The maximum Gasteiger partial charge on any atom is 0.185 e. The fraction of sp³-hybridized carbons (Fsp3) is 0.462. The molecule has 1 N–H and O–H groups in total. The van der Waals surface area contributed by atoms with Crippen LogP contribution in [0.25, 0.3) is 0 Å². The van der Waals surface area contributed by atoms with Crippen molar-refractivity contribution in [3.8, 4) is 0 Å². The number of aliphatic hydroxyl groups is 1. The summed E-state index contributed by atoms with van der Waals surface area (Å²) in [4.78, 5) is 0.343. The molecule has 2 unspecified atom stereocenters. The molecule has 1 aromatic rings. The van der Waals surface area contributed by atoms with Crippen LogP contribution in [0.1, 0.15) is 67.2 Å². The number of rotatable bonds is 11. The number of aliphatic hydroxyl groups excluding tert-OH is 1. The predicted molar refractivity (Wildman–Crippen MR) is 128 cm³/mol. The number of hydrogen-bond donors (Lipinski definition) is 1. The molecule has 0 heterocycles. The summed E-state index contributed by atoms with van der Waals surface area (Å²) < 4.78 is 26.2. The molecule has 30 heavy (non-hydrogen) atoms. The maximum atomic E-state index is 13.1. The van der Waals surface area contributed by atoms with Gasteiger partial charge in [0, 0.05) is 0 Å². The highest BCUT2D eigenvalue weighted by Crippen LogP contribution is 2.24. The summed E-state index contributed by atoms with van der Waals surface area (Å²) in [5.41, 5.74) is 4.41. The van der Waals surface area contributed by atoms with Gasteiger partial charge in [0.2, 0.25) is 0 Å². The third-order valence-electron chi connectivity index (χ3n) is 4.79. The molecule has 2 atom stereocenters. The number of benzene rings is 1. The van der Waals surface area contributed by atoms with Crippen LogP contribution in [-0.2, 0) is 9.84 Å². The SMILES string of the molecule is CC(C)=CCC/C(C)=C/C(O)C/C=C(\C)CC(C=C(C)C)S(=O)(=O)c1ccccc1. The first kappa shape index (κ1) is 26.1. The Balaban J connectivity index is 2.85. The van der Waals surface area contributed by atoms with Crippen molar-refractivity contribution >= 4 is 9.84 Å².